The molecule has 0 amide bonds. The van der Waals surface area contributed by atoms with E-state index in [0.29, 0.717) is 33.6 Å². The lowest BCUT2D eigenvalue weighted by molar-refractivity contribution is 0.0734. The quantitative estimate of drug-likeness (QED) is 0.467. The Morgan fingerprint density at radius 3 is 2.65 bits per heavy atom. The molecular weight excluding hydrogens is 420 g/mol. The first-order chi connectivity index (χ1) is 14.9. The van der Waals surface area contributed by atoms with Gasteiger partial charge >= 0.3 is 5.97 Å². The number of aryl methyl sites for hydroxylation is 1. The van der Waals surface area contributed by atoms with E-state index in [2.05, 4.69) is 6.07 Å². The van der Waals surface area contributed by atoms with Gasteiger partial charge < -0.3 is 24.4 Å². The number of nitrogens with zero attached hydrogens (tertiary/aromatic N) is 1. The fourth-order valence-corrected chi connectivity index (χ4v) is 3.62. The molecule has 0 saturated carbocycles. The van der Waals surface area contributed by atoms with Crippen LogP contribution in [0.5, 0.6) is 17.2 Å². The van der Waals surface area contributed by atoms with E-state index in [-0.39, 0.29) is 22.8 Å². The number of nitrogens with two attached hydrogens (primary N) is 1. The SMILES string of the molecule is COc1ccc(C(=O)Oc2ccc3c(c2)OC(N)=C(C#N)C3c2ccc(C)o2)cc1Cl. The van der Waals surface area contributed by atoms with Gasteiger partial charge in [0.05, 0.1) is 23.6 Å². The fourth-order valence-electron chi connectivity index (χ4n) is 3.36. The van der Waals surface area contributed by atoms with Crippen LogP contribution in [-0.2, 0) is 0 Å². The lowest BCUT2D eigenvalue weighted by Gasteiger charge is -2.25. The van der Waals surface area contributed by atoms with Crippen LogP contribution in [0.25, 0.3) is 0 Å². The highest BCUT2D eigenvalue weighted by Crippen LogP contribution is 2.43. The standard InChI is InChI=1S/C23H17ClN2O5/c1-12-3-7-19(29-12)21-15-6-5-14(10-20(15)31-22(26)16(21)11-25)30-23(27)13-4-8-18(28-2)17(24)9-13/h3-10,21H,26H2,1-2H3. The molecule has 0 aliphatic carbocycles. The number of fused-ring (bicyclic) bond motifs is 1. The first kappa shape index (κ1) is 20.4. The van der Waals surface area contributed by atoms with E-state index >= 15 is 0 Å². The molecule has 8 heteroatoms. The Morgan fingerprint density at radius 2 is 2.00 bits per heavy atom. The number of ether oxygens (including phenoxy) is 3. The molecule has 0 spiro atoms. The summed E-state index contributed by atoms with van der Waals surface area (Å²) < 4.78 is 21.9. The zero-order valence-corrected chi connectivity index (χ0v) is 17.4. The number of furan rings is 1. The van der Waals surface area contributed by atoms with Crippen LogP contribution in [0.4, 0.5) is 0 Å². The number of methoxy groups -OCH3 is 1. The lowest BCUT2D eigenvalue weighted by Crippen LogP contribution is -2.21. The van der Waals surface area contributed by atoms with Crippen LogP contribution < -0.4 is 19.9 Å². The number of hydrogen-bond donors (Lipinski definition) is 1. The topological polar surface area (TPSA) is 108 Å². The van der Waals surface area contributed by atoms with Gasteiger partial charge in [0.2, 0.25) is 5.88 Å². The zero-order valence-electron chi connectivity index (χ0n) is 16.6. The van der Waals surface area contributed by atoms with Crippen molar-refractivity contribution in [3.05, 3.63) is 87.7 Å². The molecule has 1 aliphatic heterocycles. The van der Waals surface area contributed by atoms with Crippen molar-refractivity contribution >= 4 is 17.6 Å². The monoisotopic (exact) mass is 436 g/mol. The molecule has 0 bridgehead atoms. The molecule has 2 heterocycles. The Hall–Kier alpha value is -3.89. The molecule has 0 radical (unpaired) electrons. The molecule has 0 saturated heterocycles. The summed E-state index contributed by atoms with van der Waals surface area (Å²) in [5.41, 5.74) is 7.17. The van der Waals surface area contributed by atoms with E-state index in [0.717, 1.165) is 0 Å². The van der Waals surface area contributed by atoms with Crippen molar-refractivity contribution in [2.75, 3.05) is 7.11 Å². The number of carbonyl (C=O) groups is 1. The van der Waals surface area contributed by atoms with Crippen LogP contribution >= 0.6 is 11.6 Å². The number of carbonyl (C=O) groups excluding carboxylic acids is 1. The zero-order chi connectivity index (χ0) is 22.1. The molecule has 1 aliphatic rings. The van der Waals surface area contributed by atoms with Crippen molar-refractivity contribution < 1.29 is 23.4 Å². The Bertz CT molecular complexity index is 1260. The number of hydrogen-bond acceptors (Lipinski definition) is 7. The maximum atomic E-state index is 12.5. The summed E-state index contributed by atoms with van der Waals surface area (Å²) in [5.74, 6) is 1.20. The molecule has 1 atom stereocenters. The van der Waals surface area contributed by atoms with Crippen molar-refractivity contribution in [3.8, 4) is 23.3 Å². The maximum Gasteiger partial charge on any atom is 0.343 e. The number of benzene rings is 2. The molecule has 31 heavy (non-hydrogen) atoms. The van der Waals surface area contributed by atoms with Crippen molar-refractivity contribution in [1.82, 2.24) is 0 Å². The summed E-state index contributed by atoms with van der Waals surface area (Å²) >= 11 is 6.08. The molecule has 2 N–H and O–H groups in total. The summed E-state index contributed by atoms with van der Waals surface area (Å²) in [7, 11) is 1.49. The van der Waals surface area contributed by atoms with E-state index in [1.807, 2.05) is 13.0 Å². The van der Waals surface area contributed by atoms with Crippen LogP contribution in [0.3, 0.4) is 0 Å². The molecule has 1 aromatic heterocycles. The van der Waals surface area contributed by atoms with E-state index in [9.17, 15) is 10.1 Å². The van der Waals surface area contributed by atoms with Crippen molar-refractivity contribution in [1.29, 1.82) is 5.26 Å². The van der Waals surface area contributed by atoms with Gasteiger partial charge in [-0.15, -0.1) is 0 Å². The van der Waals surface area contributed by atoms with Gasteiger partial charge in [-0.2, -0.15) is 5.26 Å². The van der Waals surface area contributed by atoms with Gasteiger partial charge in [0.25, 0.3) is 0 Å². The summed E-state index contributed by atoms with van der Waals surface area (Å²) in [6.07, 6.45) is 0. The molecule has 2 aromatic carbocycles. The van der Waals surface area contributed by atoms with Gasteiger partial charge in [-0.05, 0) is 43.3 Å². The normalized spacial score (nSPS) is 15.0. The highest BCUT2D eigenvalue weighted by Gasteiger charge is 2.33. The second kappa shape index (κ2) is 8.09. The Balaban J connectivity index is 1.65. The van der Waals surface area contributed by atoms with Gasteiger partial charge in [0.15, 0.2) is 0 Å². The third-order valence-electron chi connectivity index (χ3n) is 4.83. The van der Waals surface area contributed by atoms with Crippen LogP contribution in [0, 0.1) is 18.3 Å². The van der Waals surface area contributed by atoms with Crippen molar-refractivity contribution in [3.63, 3.8) is 0 Å². The Kier molecular flexibility index (Phi) is 5.32. The van der Waals surface area contributed by atoms with Gasteiger partial charge in [-0.1, -0.05) is 17.7 Å². The number of rotatable bonds is 4. The highest BCUT2D eigenvalue weighted by atomic mass is 35.5. The Labute approximate surface area is 183 Å². The highest BCUT2D eigenvalue weighted by molar-refractivity contribution is 6.32. The average Bonchev–Trinajstić information content (AvgIpc) is 3.18. The number of allylic oxidation sites excluding steroid dienone is 1. The van der Waals surface area contributed by atoms with E-state index in [1.165, 1.54) is 13.2 Å². The predicted molar refractivity (Wildman–Crippen MR) is 112 cm³/mol. The van der Waals surface area contributed by atoms with Crippen LogP contribution in [0.15, 0.2) is 64.4 Å². The molecule has 3 aromatic rings. The molecule has 7 nitrogen and oxygen atoms in total. The molecule has 4 rings (SSSR count). The van der Waals surface area contributed by atoms with Crippen LogP contribution in [0.1, 0.15) is 33.4 Å². The number of esters is 1. The lowest BCUT2D eigenvalue weighted by atomic mass is 9.87. The number of nitriles is 1. The minimum Gasteiger partial charge on any atom is -0.495 e. The first-order valence-corrected chi connectivity index (χ1v) is 9.62. The minimum absolute atomic E-state index is 0.0283. The predicted octanol–water partition coefficient (Wildman–Crippen LogP) is 4.69. The second-order valence-electron chi connectivity index (χ2n) is 6.81. The summed E-state index contributed by atoms with van der Waals surface area (Å²) in [6.45, 7) is 1.82. The summed E-state index contributed by atoms with van der Waals surface area (Å²) in [5, 5.41) is 9.88. The average molecular weight is 437 g/mol. The second-order valence-corrected chi connectivity index (χ2v) is 7.22. The van der Waals surface area contributed by atoms with Crippen LogP contribution in [0.2, 0.25) is 5.02 Å². The first-order valence-electron chi connectivity index (χ1n) is 9.25. The van der Waals surface area contributed by atoms with E-state index in [4.69, 9.17) is 36.0 Å². The fraction of sp³-hybridized carbons (Fsp3) is 0.130. The Morgan fingerprint density at radius 1 is 1.19 bits per heavy atom. The number of halogens is 1. The maximum absolute atomic E-state index is 12.5. The molecular formula is C23H17ClN2O5. The summed E-state index contributed by atoms with van der Waals surface area (Å²) in [4.78, 5) is 12.5. The molecule has 156 valence electrons. The van der Waals surface area contributed by atoms with Gasteiger partial charge in [-0.25, -0.2) is 4.79 Å². The third kappa shape index (κ3) is 3.81. The van der Waals surface area contributed by atoms with Gasteiger partial charge in [-0.3, -0.25) is 0 Å². The van der Waals surface area contributed by atoms with Gasteiger partial charge in [0, 0.05) is 11.6 Å². The van der Waals surface area contributed by atoms with E-state index < -0.39 is 11.9 Å². The minimum atomic E-state index is -0.597. The molecule has 0 fully saturated rings. The molecule has 1 unspecified atom stereocenters. The smallest absolute Gasteiger partial charge is 0.343 e. The van der Waals surface area contributed by atoms with E-state index in [1.54, 1.807) is 36.4 Å². The van der Waals surface area contributed by atoms with Crippen LogP contribution in [-0.4, -0.2) is 13.1 Å². The summed E-state index contributed by atoms with van der Waals surface area (Å²) in [6, 6.07) is 15.2. The third-order valence-corrected chi connectivity index (χ3v) is 5.13. The largest absolute Gasteiger partial charge is 0.495 e. The van der Waals surface area contributed by atoms with Crippen molar-refractivity contribution in [2.45, 2.75) is 12.8 Å². The van der Waals surface area contributed by atoms with Gasteiger partial charge in [0.1, 0.15) is 40.4 Å². The van der Waals surface area contributed by atoms with Crippen molar-refractivity contribution in [2.24, 2.45) is 5.73 Å².